The minimum Gasteiger partial charge on any atom is -0.340 e. The quantitative estimate of drug-likeness (QED) is 0.741. The second kappa shape index (κ2) is 10.2. The number of halogens is 1. The molecule has 1 saturated heterocycles. The molecule has 1 aliphatic heterocycles. The van der Waals surface area contributed by atoms with Gasteiger partial charge in [-0.25, -0.2) is 0 Å². The van der Waals surface area contributed by atoms with Crippen LogP contribution in [-0.2, 0) is 20.8 Å². The Balaban J connectivity index is 1.41. The van der Waals surface area contributed by atoms with Crippen molar-refractivity contribution in [2.24, 2.45) is 0 Å². The largest absolute Gasteiger partial charge is 0.340 e. The van der Waals surface area contributed by atoms with Crippen LogP contribution in [0.1, 0.15) is 12.5 Å². The summed E-state index contributed by atoms with van der Waals surface area (Å²) in [4.78, 5) is 39.7. The van der Waals surface area contributed by atoms with Crippen LogP contribution in [0.25, 0.3) is 0 Å². The number of anilines is 2. The van der Waals surface area contributed by atoms with Crippen LogP contribution in [-0.4, -0.2) is 60.2 Å². The summed E-state index contributed by atoms with van der Waals surface area (Å²) in [5.41, 5.74) is 2.29. The van der Waals surface area contributed by atoms with Crippen molar-refractivity contribution < 1.29 is 14.4 Å². The third-order valence-electron chi connectivity index (χ3n) is 4.85. The lowest BCUT2D eigenvalue weighted by Crippen LogP contribution is -2.50. The fourth-order valence-corrected chi connectivity index (χ4v) is 3.41. The molecule has 0 spiro atoms. The van der Waals surface area contributed by atoms with Crippen LogP contribution < -0.4 is 10.6 Å². The summed E-state index contributed by atoms with van der Waals surface area (Å²) < 4.78 is 0. The topological polar surface area (TPSA) is 81.8 Å². The first-order valence-electron chi connectivity index (χ1n) is 9.81. The van der Waals surface area contributed by atoms with Crippen LogP contribution in [0.2, 0.25) is 5.02 Å². The monoisotopic (exact) mass is 428 g/mol. The molecule has 0 unspecified atom stereocenters. The number of nitrogens with one attached hydrogen (secondary N) is 2. The molecule has 30 heavy (non-hydrogen) atoms. The molecule has 0 atom stereocenters. The summed E-state index contributed by atoms with van der Waals surface area (Å²) in [7, 11) is 0. The molecule has 3 amide bonds. The average molecular weight is 429 g/mol. The van der Waals surface area contributed by atoms with E-state index in [0.29, 0.717) is 49.0 Å². The van der Waals surface area contributed by atoms with Gasteiger partial charge >= 0.3 is 0 Å². The van der Waals surface area contributed by atoms with Gasteiger partial charge in [0.05, 0.1) is 13.0 Å². The molecule has 8 heteroatoms. The minimum atomic E-state index is -0.141. The van der Waals surface area contributed by atoms with E-state index in [1.807, 2.05) is 21.9 Å². The van der Waals surface area contributed by atoms with E-state index < -0.39 is 0 Å². The van der Waals surface area contributed by atoms with Gasteiger partial charge in [0.15, 0.2) is 0 Å². The summed E-state index contributed by atoms with van der Waals surface area (Å²) in [5.74, 6) is -0.165. The van der Waals surface area contributed by atoms with E-state index in [-0.39, 0.29) is 24.3 Å². The molecule has 0 radical (unpaired) electrons. The fraction of sp³-hybridized carbons (Fsp3) is 0.318. The molecule has 3 rings (SSSR count). The van der Waals surface area contributed by atoms with E-state index >= 15 is 0 Å². The van der Waals surface area contributed by atoms with E-state index in [4.69, 9.17) is 11.6 Å². The van der Waals surface area contributed by atoms with Gasteiger partial charge in [-0.3, -0.25) is 19.3 Å². The molecule has 1 fully saturated rings. The molecule has 2 aromatic rings. The first kappa shape index (κ1) is 21.8. The zero-order valence-corrected chi connectivity index (χ0v) is 17.6. The number of carbonyl (C=O) groups excluding carboxylic acids is 3. The Morgan fingerprint density at radius 3 is 2.00 bits per heavy atom. The smallest absolute Gasteiger partial charge is 0.238 e. The molecular formula is C22H25ClN4O3. The van der Waals surface area contributed by atoms with Crippen molar-refractivity contribution in [3.8, 4) is 0 Å². The van der Waals surface area contributed by atoms with Gasteiger partial charge in [-0.1, -0.05) is 23.7 Å². The van der Waals surface area contributed by atoms with Crippen molar-refractivity contribution >= 4 is 40.7 Å². The van der Waals surface area contributed by atoms with Crippen molar-refractivity contribution in [1.82, 2.24) is 9.80 Å². The molecule has 0 aliphatic carbocycles. The Morgan fingerprint density at radius 2 is 1.43 bits per heavy atom. The number of amides is 3. The Morgan fingerprint density at radius 1 is 0.867 bits per heavy atom. The third kappa shape index (κ3) is 6.57. The third-order valence-corrected chi connectivity index (χ3v) is 5.10. The van der Waals surface area contributed by atoms with Gasteiger partial charge in [-0.15, -0.1) is 0 Å². The summed E-state index contributed by atoms with van der Waals surface area (Å²) in [5, 5.41) is 6.19. The number of piperazine rings is 1. The zero-order valence-electron chi connectivity index (χ0n) is 16.9. The average Bonchev–Trinajstić information content (AvgIpc) is 2.71. The predicted molar refractivity (Wildman–Crippen MR) is 118 cm³/mol. The standard InChI is InChI=1S/C22H25ClN4O3/c1-16(28)24-19-6-8-20(9-7-19)25-21(29)15-26-10-12-27(13-11-26)22(30)14-17-2-4-18(23)5-3-17/h2-9H,10-15H2,1H3,(H,24,28)(H,25,29). The van der Waals surface area contributed by atoms with E-state index in [2.05, 4.69) is 10.6 Å². The highest BCUT2D eigenvalue weighted by Crippen LogP contribution is 2.14. The molecular weight excluding hydrogens is 404 g/mol. The normalized spacial score (nSPS) is 14.3. The Bertz CT molecular complexity index is 892. The molecule has 0 saturated carbocycles. The highest BCUT2D eigenvalue weighted by Gasteiger charge is 2.22. The number of carbonyl (C=O) groups is 3. The Hall–Kier alpha value is -2.90. The molecule has 2 N–H and O–H groups in total. The van der Waals surface area contributed by atoms with Crippen molar-refractivity contribution in [2.45, 2.75) is 13.3 Å². The first-order chi connectivity index (χ1) is 14.4. The van der Waals surface area contributed by atoms with E-state index in [9.17, 15) is 14.4 Å². The lowest BCUT2D eigenvalue weighted by molar-refractivity contribution is -0.132. The van der Waals surface area contributed by atoms with Crippen LogP contribution in [0.5, 0.6) is 0 Å². The van der Waals surface area contributed by atoms with Gasteiger partial charge < -0.3 is 15.5 Å². The van der Waals surface area contributed by atoms with Crippen molar-refractivity contribution in [1.29, 1.82) is 0 Å². The maximum absolute atomic E-state index is 12.5. The van der Waals surface area contributed by atoms with Gasteiger partial charge in [0, 0.05) is 49.5 Å². The molecule has 7 nitrogen and oxygen atoms in total. The molecule has 1 aliphatic rings. The van der Waals surface area contributed by atoms with Crippen LogP contribution in [0.4, 0.5) is 11.4 Å². The molecule has 158 valence electrons. The maximum atomic E-state index is 12.5. The Labute approximate surface area is 181 Å². The highest BCUT2D eigenvalue weighted by atomic mass is 35.5. The van der Waals surface area contributed by atoms with Crippen molar-refractivity contribution in [3.63, 3.8) is 0 Å². The zero-order chi connectivity index (χ0) is 21.5. The maximum Gasteiger partial charge on any atom is 0.238 e. The van der Waals surface area contributed by atoms with E-state index in [1.54, 1.807) is 36.4 Å². The van der Waals surface area contributed by atoms with Gasteiger partial charge in [0.1, 0.15) is 0 Å². The van der Waals surface area contributed by atoms with Gasteiger partial charge in [0.25, 0.3) is 0 Å². The van der Waals surface area contributed by atoms with Crippen LogP contribution in [0.15, 0.2) is 48.5 Å². The van der Waals surface area contributed by atoms with Crippen LogP contribution >= 0.6 is 11.6 Å². The lowest BCUT2D eigenvalue weighted by Gasteiger charge is -2.34. The van der Waals surface area contributed by atoms with E-state index in [0.717, 1.165) is 5.56 Å². The van der Waals surface area contributed by atoms with Gasteiger partial charge in [-0.2, -0.15) is 0 Å². The van der Waals surface area contributed by atoms with Crippen molar-refractivity contribution in [2.75, 3.05) is 43.4 Å². The van der Waals surface area contributed by atoms with Gasteiger partial charge in [-0.05, 0) is 42.0 Å². The Kier molecular flexibility index (Phi) is 7.43. The number of nitrogens with zero attached hydrogens (tertiary/aromatic N) is 2. The number of hydrogen-bond acceptors (Lipinski definition) is 4. The van der Waals surface area contributed by atoms with Gasteiger partial charge in [0.2, 0.25) is 17.7 Å². The lowest BCUT2D eigenvalue weighted by atomic mass is 10.1. The minimum absolute atomic E-state index is 0.0840. The van der Waals surface area contributed by atoms with Crippen LogP contribution in [0, 0.1) is 0 Å². The molecule has 0 aromatic heterocycles. The number of rotatable bonds is 6. The highest BCUT2D eigenvalue weighted by molar-refractivity contribution is 6.30. The molecule has 2 aromatic carbocycles. The second-order valence-electron chi connectivity index (χ2n) is 7.27. The van der Waals surface area contributed by atoms with E-state index in [1.165, 1.54) is 6.92 Å². The fourth-order valence-electron chi connectivity index (χ4n) is 3.29. The predicted octanol–water partition coefficient (Wildman–Crippen LogP) is 2.62. The summed E-state index contributed by atoms with van der Waals surface area (Å²) >= 11 is 5.88. The van der Waals surface area contributed by atoms with Crippen LogP contribution in [0.3, 0.4) is 0 Å². The van der Waals surface area contributed by atoms with Crippen molar-refractivity contribution in [3.05, 3.63) is 59.1 Å². The number of benzene rings is 2. The first-order valence-corrected chi connectivity index (χ1v) is 10.2. The molecule has 0 bridgehead atoms. The molecule has 1 heterocycles. The number of hydrogen-bond donors (Lipinski definition) is 2. The SMILES string of the molecule is CC(=O)Nc1ccc(NC(=O)CN2CCN(C(=O)Cc3ccc(Cl)cc3)CC2)cc1. The summed E-state index contributed by atoms with van der Waals surface area (Å²) in [6.07, 6.45) is 0.353. The second-order valence-corrected chi connectivity index (χ2v) is 7.70. The summed E-state index contributed by atoms with van der Waals surface area (Å²) in [6, 6.07) is 14.3. The summed E-state index contributed by atoms with van der Waals surface area (Å²) in [6.45, 7) is 4.23.